The largest absolute Gasteiger partial charge is 0.497 e. The minimum atomic E-state index is 0.424. The van der Waals surface area contributed by atoms with Gasteiger partial charge in [0, 0.05) is 6.07 Å². The second-order valence-corrected chi connectivity index (χ2v) is 3.82. The zero-order chi connectivity index (χ0) is 13.0. The number of rotatable bonds is 4. The molecule has 0 aliphatic carbocycles. The second-order valence-electron chi connectivity index (χ2n) is 3.82. The molecule has 0 heterocycles. The zero-order valence-electron chi connectivity index (χ0n) is 10.2. The Bertz CT molecular complexity index is 567. The van der Waals surface area contributed by atoms with Gasteiger partial charge in [0.25, 0.3) is 0 Å². The molecule has 92 valence electrons. The van der Waals surface area contributed by atoms with Crippen molar-refractivity contribution in [2.45, 2.75) is 6.92 Å². The van der Waals surface area contributed by atoms with Gasteiger partial charge in [-0.3, -0.25) is 0 Å². The minimum absolute atomic E-state index is 0.424. The molecule has 0 amide bonds. The molecule has 18 heavy (non-hydrogen) atoms. The number of hydrogen-bond donors (Lipinski definition) is 0. The lowest BCUT2D eigenvalue weighted by molar-refractivity contribution is 0.409. The van der Waals surface area contributed by atoms with Gasteiger partial charge in [-0.05, 0) is 48.0 Å². The zero-order valence-corrected chi connectivity index (χ0v) is 10.2. The monoisotopic (exact) mass is 243 g/mol. The summed E-state index contributed by atoms with van der Waals surface area (Å²) in [6.45, 7) is 1.81. The summed E-state index contributed by atoms with van der Waals surface area (Å²) < 4.78 is 10.8. The lowest BCUT2D eigenvalue weighted by Gasteiger charge is -2.08. The number of benzene rings is 2. The number of methoxy groups -OCH3 is 1. The van der Waals surface area contributed by atoms with Crippen LogP contribution in [0.15, 0.2) is 47.6 Å². The second kappa shape index (κ2) is 5.31. The van der Waals surface area contributed by atoms with Crippen LogP contribution in [0.3, 0.4) is 0 Å². The van der Waals surface area contributed by atoms with Crippen LogP contribution in [0.5, 0.6) is 17.2 Å². The third-order valence-electron chi connectivity index (χ3n) is 2.54. The first-order chi connectivity index (χ1) is 8.72. The third kappa shape index (κ3) is 2.66. The molecule has 0 fully saturated rings. The summed E-state index contributed by atoms with van der Waals surface area (Å²) in [7, 11) is 1.60. The first-order valence-corrected chi connectivity index (χ1v) is 5.49. The van der Waals surface area contributed by atoms with E-state index in [9.17, 15) is 4.91 Å². The fourth-order valence-corrected chi connectivity index (χ4v) is 1.59. The van der Waals surface area contributed by atoms with E-state index in [-0.39, 0.29) is 0 Å². The molecule has 0 aliphatic rings. The Morgan fingerprint density at radius 3 is 2.39 bits per heavy atom. The number of aryl methyl sites for hydroxylation is 1. The van der Waals surface area contributed by atoms with Crippen molar-refractivity contribution >= 4 is 5.69 Å². The van der Waals surface area contributed by atoms with Gasteiger partial charge < -0.3 is 9.47 Å². The van der Waals surface area contributed by atoms with Crippen LogP contribution in [0.2, 0.25) is 0 Å². The number of ether oxygens (including phenoxy) is 2. The quantitative estimate of drug-likeness (QED) is 0.756. The van der Waals surface area contributed by atoms with E-state index in [1.807, 2.05) is 25.1 Å². The van der Waals surface area contributed by atoms with E-state index >= 15 is 0 Å². The van der Waals surface area contributed by atoms with Crippen LogP contribution in [-0.2, 0) is 0 Å². The molecule has 2 aromatic rings. The average Bonchev–Trinajstić information content (AvgIpc) is 2.39. The molecule has 0 aliphatic heterocycles. The molecule has 4 nitrogen and oxygen atoms in total. The molecule has 4 heteroatoms. The highest BCUT2D eigenvalue weighted by Gasteiger charge is 2.03. The Balaban J connectivity index is 2.22. The van der Waals surface area contributed by atoms with Gasteiger partial charge >= 0.3 is 0 Å². The Kier molecular flexibility index (Phi) is 3.57. The summed E-state index contributed by atoms with van der Waals surface area (Å²) in [4.78, 5) is 10.5. The lowest BCUT2D eigenvalue weighted by Crippen LogP contribution is -1.87. The first kappa shape index (κ1) is 12.1. The SMILES string of the molecule is COc1cccc(Oc2ccc(N=O)c(C)c2)c1. The molecule has 0 saturated carbocycles. The van der Waals surface area contributed by atoms with Crippen LogP contribution < -0.4 is 9.47 Å². The van der Waals surface area contributed by atoms with Crippen molar-refractivity contribution in [3.05, 3.63) is 52.9 Å². The van der Waals surface area contributed by atoms with Gasteiger partial charge in [-0.15, -0.1) is 4.91 Å². The Hall–Kier alpha value is -2.36. The molecule has 0 atom stereocenters. The molecule has 0 saturated heterocycles. The first-order valence-electron chi connectivity index (χ1n) is 5.49. The summed E-state index contributed by atoms with van der Waals surface area (Å²) in [5.41, 5.74) is 1.21. The highest BCUT2D eigenvalue weighted by Crippen LogP contribution is 2.28. The van der Waals surface area contributed by atoms with Gasteiger partial charge in [0.1, 0.15) is 22.9 Å². The maximum absolute atomic E-state index is 10.5. The lowest BCUT2D eigenvalue weighted by atomic mass is 10.2. The van der Waals surface area contributed by atoms with Gasteiger partial charge in [-0.1, -0.05) is 6.07 Å². The minimum Gasteiger partial charge on any atom is -0.497 e. The van der Waals surface area contributed by atoms with Crippen LogP contribution in [0.4, 0.5) is 5.69 Å². The van der Waals surface area contributed by atoms with Crippen molar-refractivity contribution in [1.82, 2.24) is 0 Å². The van der Waals surface area contributed by atoms with Gasteiger partial charge in [-0.25, -0.2) is 0 Å². The topological polar surface area (TPSA) is 47.9 Å². The third-order valence-corrected chi connectivity index (χ3v) is 2.54. The molecule has 0 radical (unpaired) electrons. The summed E-state index contributed by atoms with van der Waals surface area (Å²) in [6.07, 6.45) is 0. The maximum Gasteiger partial charge on any atom is 0.131 e. The van der Waals surface area contributed by atoms with E-state index in [0.717, 1.165) is 11.3 Å². The van der Waals surface area contributed by atoms with E-state index < -0.39 is 0 Å². The Morgan fingerprint density at radius 1 is 1.00 bits per heavy atom. The van der Waals surface area contributed by atoms with Crippen LogP contribution in [-0.4, -0.2) is 7.11 Å². The molecule has 2 aromatic carbocycles. The smallest absolute Gasteiger partial charge is 0.131 e. The molecular formula is C14H13NO3. The molecule has 0 unspecified atom stereocenters. The van der Waals surface area contributed by atoms with Crippen molar-refractivity contribution in [2.24, 2.45) is 5.18 Å². The van der Waals surface area contributed by atoms with Crippen molar-refractivity contribution in [3.63, 3.8) is 0 Å². The molecule has 0 bridgehead atoms. The van der Waals surface area contributed by atoms with E-state index in [1.54, 1.807) is 31.4 Å². The van der Waals surface area contributed by atoms with Gasteiger partial charge in [0.05, 0.1) is 7.11 Å². The summed E-state index contributed by atoms with van der Waals surface area (Å²) >= 11 is 0. The van der Waals surface area contributed by atoms with Crippen molar-refractivity contribution < 1.29 is 9.47 Å². The van der Waals surface area contributed by atoms with E-state index in [1.165, 1.54) is 0 Å². The van der Waals surface area contributed by atoms with E-state index in [4.69, 9.17) is 9.47 Å². The maximum atomic E-state index is 10.5. The van der Waals surface area contributed by atoms with Gasteiger partial charge in [-0.2, -0.15) is 0 Å². The summed E-state index contributed by atoms with van der Waals surface area (Å²) in [6, 6.07) is 12.4. The van der Waals surface area contributed by atoms with E-state index in [2.05, 4.69) is 5.18 Å². The highest BCUT2D eigenvalue weighted by molar-refractivity contribution is 5.49. The predicted octanol–water partition coefficient (Wildman–Crippen LogP) is 4.19. The number of hydrogen-bond acceptors (Lipinski definition) is 4. The number of nitrogens with zero attached hydrogens (tertiary/aromatic N) is 1. The molecule has 2 rings (SSSR count). The molecule has 0 aromatic heterocycles. The van der Waals surface area contributed by atoms with Crippen molar-refractivity contribution in [2.75, 3.05) is 7.11 Å². The standard InChI is InChI=1S/C14H13NO3/c1-10-8-13(6-7-14(10)15-16)18-12-5-3-4-11(9-12)17-2/h3-9H,1-2H3. The fourth-order valence-electron chi connectivity index (χ4n) is 1.59. The normalized spacial score (nSPS) is 9.89. The molecule has 0 N–H and O–H groups in total. The van der Waals surface area contributed by atoms with E-state index in [0.29, 0.717) is 17.2 Å². The molecular weight excluding hydrogens is 230 g/mol. The van der Waals surface area contributed by atoms with Crippen molar-refractivity contribution in [3.8, 4) is 17.2 Å². The van der Waals surface area contributed by atoms with Crippen LogP contribution in [0.1, 0.15) is 5.56 Å². The van der Waals surface area contributed by atoms with Crippen LogP contribution in [0.25, 0.3) is 0 Å². The summed E-state index contributed by atoms with van der Waals surface area (Å²) in [5, 5.41) is 2.92. The highest BCUT2D eigenvalue weighted by atomic mass is 16.5. The number of nitroso groups, excluding NO2 is 1. The fraction of sp³-hybridized carbons (Fsp3) is 0.143. The Labute approximate surface area is 105 Å². The average molecular weight is 243 g/mol. The molecule has 0 spiro atoms. The Morgan fingerprint density at radius 2 is 1.72 bits per heavy atom. The van der Waals surface area contributed by atoms with Gasteiger partial charge in [0.15, 0.2) is 0 Å². The van der Waals surface area contributed by atoms with Crippen LogP contribution in [0, 0.1) is 11.8 Å². The van der Waals surface area contributed by atoms with Crippen LogP contribution >= 0.6 is 0 Å². The van der Waals surface area contributed by atoms with Gasteiger partial charge in [0.2, 0.25) is 0 Å². The summed E-state index contributed by atoms with van der Waals surface area (Å²) in [5.74, 6) is 2.07. The van der Waals surface area contributed by atoms with Crippen molar-refractivity contribution in [1.29, 1.82) is 0 Å². The predicted molar refractivity (Wildman–Crippen MR) is 69.7 cm³/mol.